The average Bonchev–Trinajstić information content (AvgIpc) is 2.30. The normalized spacial score (nSPS) is 22.8. The molecule has 3 N–H and O–H groups in total. The molecule has 1 aromatic rings. The van der Waals surface area contributed by atoms with Gasteiger partial charge in [0.1, 0.15) is 0 Å². The van der Waals surface area contributed by atoms with Crippen molar-refractivity contribution in [2.75, 3.05) is 13.1 Å². The van der Waals surface area contributed by atoms with Crippen LogP contribution >= 0.6 is 0 Å². The summed E-state index contributed by atoms with van der Waals surface area (Å²) < 4.78 is 0. The van der Waals surface area contributed by atoms with E-state index in [-0.39, 0.29) is 18.4 Å². The second-order valence-electron chi connectivity index (χ2n) is 4.67. The lowest BCUT2D eigenvalue weighted by atomic mass is 9.95. The van der Waals surface area contributed by atoms with Crippen molar-refractivity contribution in [1.82, 2.24) is 5.32 Å². The van der Waals surface area contributed by atoms with Gasteiger partial charge in [-0.2, -0.15) is 0 Å². The summed E-state index contributed by atoms with van der Waals surface area (Å²) in [6, 6.07) is 10.3. The van der Waals surface area contributed by atoms with Gasteiger partial charge in [-0.15, -0.1) is 0 Å². The number of aliphatic carboxylic acids is 1. The number of benzene rings is 1. The van der Waals surface area contributed by atoms with Crippen LogP contribution in [-0.2, 0) is 4.79 Å². The fourth-order valence-electron chi connectivity index (χ4n) is 1.94. The minimum absolute atomic E-state index is 0.0937. The first-order valence-corrected chi connectivity index (χ1v) is 6.20. The summed E-state index contributed by atoms with van der Waals surface area (Å²) in [6.07, 6.45) is 0.400. The Bertz CT molecular complexity index is 353. The molecule has 0 aromatic heterocycles. The van der Waals surface area contributed by atoms with E-state index in [1.165, 1.54) is 5.56 Å². The number of β-amino-alcohol motifs (C(OH)–C–C–N with tert-alkyl or cyclic N) is 1. The first-order valence-electron chi connectivity index (χ1n) is 6.20. The van der Waals surface area contributed by atoms with Crippen molar-refractivity contribution in [2.45, 2.75) is 25.9 Å². The Morgan fingerprint density at radius 2 is 2.00 bits per heavy atom. The second kappa shape index (κ2) is 7.84. The smallest absolute Gasteiger partial charge is 0.303 e. The van der Waals surface area contributed by atoms with Gasteiger partial charge in [0, 0.05) is 13.0 Å². The summed E-state index contributed by atoms with van der Waals surface area (Å²) in [5.74, 6) is -0.692. The molecule has 18 heavy (non-hydrogen) atoms. The number of carbonyl (C=O) groups is 1. The van der Waals surface area contributed by atoms with Gasteiger partial charge in [-0.1, -0.05) is 35.9 Å². The Morgan fingerprint density at radius 1 is 1.33 bits per heavy atom. The SMILES string of the molecule is Cc1ccccc1.O=C(O)CC1CNCC(O)C1. The van der Waals surface area contributed by atoms with Gasteiger partial charge in [-0.3, -0.25) is 4.79 Å². The van der Waals surface area contributed by atoms with Crippen molar-refractivity contribution < 1.29 is 15.0 Å². The van der Waals surface area contributed by atoms with Gasteiger partial charge in [0.05, 0.1) is 6.10 Å². The third kappa shape index (κ3) is 6.37. The predicted molar refractivity (Wildman–Crippen MR) is 70.4 cm³/mol. The van der Waals surface area contributed by atoms with Gasteiger partial charge in [0.2, 0.25) is 0 Å². The molecule has 1 saturated heterocycles. The Hall–Kier alpha value is -1.39. The number of aryl methyl sites for hydroxylation is 1. The Kier molecular flexibility index (Phi) is 6.39. The quantitative estimate of drug-likeness (QED) is 0.743. The third-order valence-corrected chi connectivity index (χ3v) is 2.82. The summed E-state index contributed by atoms with van der Waals surface area (Å²) >= 11 is 0. The van der Waals surface area contributed by atoms with Crippen LogP contribution in [0.4, 0.5) is 0 Å². The number of rotatable bonds is 2. The van der Waals surface area contributed by atoms with Crippen molar-refractivity contribution >= 4 is 5.97 Å². The number of hydrogen-bond donors (Lipinski definition) is 3. The number of aliphatic hydroxyl groups excluding tert-OH is 1. The maximum atomic E-state index is 10.3. The van der Waals surface area contributed by atoms with Gasteiger partial charge in [0.15, 0.2) is 0 Å². The van der Waals surface area contributed by atoms with Gasteiger partial charge < -0.3 is 15.5 Å². The molecule has 1 heterocycles. The highest BCUT2D eigenvalue weighted by atomic mass is 16.4. The van der Waals surface area contributed by atoms with E-state index in [9.17, 15) is 4.79 Å². The first-order chi connectivity index (χ1) is 8.58. The zero-order valence-corrected chi connectivity index (χ0v) is 10.7. The van der Waals surface area contributed by atoms with Crippen molar-refractivity contribution in [3.05, 3.63) is 35.9 Å². The maximum absolute atomic E-state index is 10.3. The zero-order valence-electron chi connectivity index (χ0n) is 10.7. The first kappa shape index (κ1) is 14.7. The molecule has 2 rings (SSSR count). The number of aliphatic hydroxyl groups is 1. The molecule has 1 aromatic carbocycles. The standard InChI is InChI=1S/C7H13NO3.C7H8/c9-6-1-5(2-7(10)11)3-8-4-6;1-7-5-3-2-4-6-7/h5-6,8-9H,1-4H2,(H,10,11);2-6H,1H3. The number of carboxylic acid groups (broad SMARTS) is 1. The fraction of sp³-hybridized carbons (Fsp3) is 0.500. The Morgan fingerprint density at radius 3 is 2.44 bits per heavy atom. The molecule has 0 saturated carbocycles. The van der Waals surface area contributed by atoms with Crippen LogP contribution in [-0.4, -0.2) is 35.4 Å². The van der Waals surface area contributed by atoms with Gasteiger partial charge >= 0.3 is 5.97 Å². The van der Waals surface area contributed by atoms with Crippen LogP contribution in [0.25, 0.3) is 0 Å². The predicted octanol–water partition coefficient (Wildman–Crippen LogP) is 1.43. The minimum atomic E-state index is -0.786. The van der Waals surface area contributed by atoms with Crippen molar-refractivity contribution in [3.63, 3.8) is 0 Å². The van der Waals surface area contributed by atoms with Crippen molar-refractivity contribution in [2.24, 2.45) is 5.92 Å². The molecule has 100 valence electrons. The van der Waals surface area contributed by atoms with Gasteiger partial charge in [-0.25, -0.2) is 0 Å². The summed E-state index contributed by atoms with van der Waals surface area (Å²) in [5, 5.41) is 20.6. The Labute approximate surface area is 108 Å². The lowest BCUT2D eigenvalue weighted by Gasteiger charge is -2.25. The van der Waals surface area contributed by atoms with Crippen LogP contribution in [0.3, 0.4) is 0 Å². The molecule has 0 radical (unpaired) electrons. The van der Waals surface area contributed by atoms with E-state index in [4.69, 9.17) is 10.2 Å². The maximum Gasteiger partial charge on any atom is 0.303 e. The second-order valence-corrected chi connectivity index (χ2v) is 4.67. The molecule has 0 bridgehead atoms. The average molecular weight is 251 g/mol. The highest BCUT2D eigenvalue weighted by Crippen LogP contribution is 2.13. The molecule has 1 fully saturated rings. The van der Waals surface area contributed by atoms with Crippen LogP contribution in [0.2, 0.25) is 0 Å². The van der Waals surface area contributed by atoms with Crippen LogP contribution in [0.15, 0.2) is 30.3 Å². The molecule has 0 amide bonds. The number of nitrogens with one attached hydrogen (secondary N) is 1. The van der Waals surface area contributed by atoms with Gasteiger partial charge in [-0.05, 0) is 25.8 Å². The molecular weight excluding hydrogens is 230 g/mol. The van der Waals surface area contributed by atoms with Crippen LogP contribution in [0, 0.1) is 12.8 Å². The highest BCUT2D eigenvalue weighted by Gasteiger charge is 2.21. The molecule has 1 aliphatic rings. The Balaban J connectivity index is 0.000000199. The molecule has 4 heteroatoms. The van der Waals surface area contributed by atoms with E-state index < -0.39 is 5.97 Å². The topological polar surface area (TPSA) is 69.6 Å². The van der Waals surface area contributed by atoms with E-state index in [0.717, 1.165) is 0 Å². The van der Waals surface area contributed by atoms with Crippen LogP contribution in [0.1, 0.15) is 18.4 Å². The summed E-state index contributed by atoms with van der Waals surface area (Å²) in [5.41, 5.74) is 1.32. The highest BCUT2D eigenvalue weighted by molar-refractivity contribution is 5.67. The number of hydrogen-bond acceptors (Lipinski definition) is 3. The van der Waals surface area contributed by atoms with Crippen molar-refractivity contribution in [1.29, 1.82) is 0 Å². The third-order valence-electron chi connectivity index (χ3n) is 2.82. The molecule has 2 unspecified atom stereocenters. The van der Waals surface area contributed by atoms with Crippen LogP contribution in [0.5, 0.6) is 0 Å². The van der Waals surface area contributed by atoms with E-state index >= 15 is 0 Å². The van der Waals surface area contributed by atoms with E-state index in [1.807, 2.05) is 18.2 Å². The summed E-state index contributed by atoms with van der Waals surface area (Å²) in [7, 11) is 0. The number of carboxylic acids is 1. The summed E-state index contributed by atoms with van der Waals surface area (Å²) in [6.45, 7) is 3.39. The minimum Gasteiger partial charge on any atom is -0.481 e. The van der Waals surface area contributed by atoms with Crippen molar-refractivity contribution in [3.8, 4) is 0 Å². The number of piperidine rings is 1. The molecule has 2 atom stereocenters. The largest absolute Gasteiger partial charge is 0.481 e. The molecule has 1 aliphatic heterocycles. The fourth-order valence-corrected chi connectivity index (χ4v) is 1.94. The van der Waals surface area contributed by atoms with Crippen LogP contribution < -0.4 is 5.32 Å². The van der Waals surface area contributed by atoms with E-state index in [2.05, 4.69) is 24.4 Å². The zero-order chi connectivity index (χ0) is 13.4. The van der Waals surface area contributed by atoms with Gasteiger partial charge in [0.25, 0.3) is 0 Å². The van der Waals surface area contributed by atoms with E-state index in [0.29, 0.717) is 19.5 Å². The molecular formula is C14H21NO3. The molecule has 4 nitrogen and oxygen atoms in total. The van der Waals surface area contributed by atoms with E-state index in [1.54, 1.807) is 0 Å². The summed E-state index contributed by atoms with van der Waals surface area (Å²) in [4.78, 5) is 10.3. The lowest BCUT2D eigenvalue weighted by molar-refractivity contribution is -0.138. The molecule has 0 aliphatic carbocycles. The lowest BCUT2D eigenvalue weighted by Crippen LogP contribution is -2.39. The monoisotopic (exact) mass is 251 g/mol. The molecule has 0 spiro atoms.